The van der Waals surface area contributed by atoms with Crippen molar-refractivity contribution in [2.24, 2.45) is 5.10 Å². The number of hydrogen-bond donors (Lipinski definition) is 2. The zero-order valence-electron chi connectivity index (χ0n) is 11.9. The summed E-state index contributed by atoms with van der Waals surface area (Å²) in [6.07, 6.45) is 1.38. The van der Waals surface area contributed by atoms with Crippen molar-refractivity contribution in [1.29, 1.82) is 0 Å². The summed E-state index contributed by atoms with van der Waals surface area (Å²) in [7, 11) is 0. The maximum absolute atomic E-state index is 12.7. The van der Waals surface area contributed by atoms with Gasteiger partial charge >= 0.3 is 0 Å². The summed E-state index contributed by atoms with van der Waals surface area (Å²) in [6.45, 7) is -0.202. The van der Waals surface area contributed by atoms with Crippen LogP contribution >= 0.6 is 15.9 Å². The van der Waals surface area contributed by atoms with Crippen LogP contribution in [0.15, 0.2) is 58.1 Å². The normalized spacial score (nSPS) is 10.5. The van der Waals surface area contributed by atoms with Gasteiger partial charge in [0, 0.05) is 10.0 Å². The highest BCUT2D eigenvalue weighted by Crippen LogP contribution is 2.11. The Morgan fingerprint density at radius 2 is 1.91 bits per heavy atom. The maximum atomic E-state index is 12.7. The SMILES string of the molecule is O=C(CNC(=O)c1cccc(Br)c1)N/N=C/c1ccc(F)cc1. The number of rotatable bonds is 5. The lowest BCUT2D eigenvalue weighted by Crippen LogP contribution is -2.34. The number of amides is 2. The summed E-state index contributed by atoms with van der Waals surface area (Å²) in [4.78, 5) is 23.4. The molecule has 2 rings (SSSR count). The van der Waals surface area contributed by atoms with E-state index >= 15 is 0 Å². The number of hydrazone groups is 1. The topological polar surface area (TPSA) is 70.6 Å². The molecule has 7 heteroatoms. The minimum Gasteiger partial charge on any atom is -0.343 e. The molecule has 0 radical (unpaired) electrons. The number of hydrogen-bond acceptors (Lipinski definition) is 3. The lowest BCUT2D eigenvalue weighted by molar-refractivity contribution is -0.120. The Hall–Kier alpha value is -2.54. The standard InChI is InChI=1S/C16H13BrFN3O2/c17-13-3-1-2-12(8-13)16(23)19-10-15(22)21-20-9-11-4-6-14(18)7-5-11/h1-9H,10H2,(H,19,23)(H,21,22)/b20-9+. The Labute approximate surface area is 140 Å². The minimum absolute atomic E-state index is 0.202. The van der Waals surface area contributed by atoms with Crippen LogP contribution in [0.1, 0.15) is 15.9 Å². The van der Waals surface area contributed by atoms with Crippen molar-refractivity contribution in [2.75, 3.05) is 6.54 Å². The molecule has 5 nitrogen and oxygen atoms in total. The fourth-order valence-corrected chi connectivity index (χ4v) is 2.06. The number of carbonyl (C=O) groups is 2. The molecule has 0 fully saturated rings. The van der Waals surface area contributed by atoms with Crippen LogP contribution in [-0.2, 0) is 4.79 Å². The molecule has 2 amide bonds. The van der Waals surface area contributed by atoms with E-state index < -0.39 is 5.91 Å². The van der Waals surface area contributed by atoms with Gasteiger partial charge in [0.15, 0.2) is 0 Å². The quantitative estimate of drug-likeness (QED) is 0.620. The summed E-state index contributed by atoms with van der Waals surface area (Å²) >= 11 is 3.27. The first-order chi connectivity index (χ1) is 11.0. The summed E-state index contributed by atoms with van der Waals surface area (Å²) in [6, 6.07) is 12.5. The smallest absolute Gasteiger partial charge is 0.259 e. The van der Waals surface area contributed by atoms with E-state index in [9.17, 15) is 14.0 Å². The molecule has 0 aliphatic carbocycles. The number of benzene rings is 2. The molecular weight excluding hydrogens is 365 g/mol. The van der Waals surface area contributed by atoms with E-state index in [0.29, 0.717) is 11.1 Å². The van der Waals surface area contributed by atoms with Crippen molar-refractivity contribution in [3.8, 4) is 0 Å². The Kier molecular flexibility index (Phi) is 5.99. The zero-order valence-corrected chi connectivity index (χ0v) is 13.5. The highest BCUT2D eigenvalue weighted by atomic mass is 79.9. The van der Waals surface area contributed by atoms with Crippen molar-refractivity contribution in [3.63, 3.8) is 0 Å². The largest absolute Gasteiger partial charge is 0.343 e. The third-order valence-electron chi connectivity index (χ3n) is 2.77. The van der Waals surface area contributed by atoms with E-state index in [2.05, 4.69) is 31.8 Å². The molecule has 0 bridgehead atoms. The molecule has 23 heavy (non-hydrogen) atoms. The lowest BCUT2D eigenvalue weighted by atomic mass is 10.2. The van der Waals surface area contributed by atoms with Gasteiger partial charge in [-0.15, -0.1) is 0 Å². The number of carbonyl (C=O) groups excluding carboxylic acids is 2. The van der Waals surface area contributed by atoms with Crippen molar-refractivity contribution >= 4 is 34.0 Å². The first kappa shape index (κ1) is 16.8. The summed E-state index contributed by atoms with van der Waals surface area (Å²) in [5, 5.41) is 6.22. The fraction of sp³-hybridized carbons (Fsp3) is 0.0625. The summed E-state index contributed by atoms with van der Waals surface area (Å²) in [5.74, 6) is -1.17. The minimum atomic E-state index is -0.466. The Bertz CT molecular complexity index is 732. The molecule has 0 atom stereocenters. The van der Waals surface area contributed by atoms with Crippen LogP contribution in [0.25, 0.3) is 0 Å². The van der Waals surface area contributed by atoms with Crippen molar-refractivity contribution in [2.45, 2.75) is 0 Å². The fourth-order valence-electron chi connectivity index (χ4n) is 1.66. The van der Waals surface area contributed by atoms with Crippen LogP contribution in [0.4, 0.5) is 4.39 Å². The maximum Gasteiger partial charge on any atom is 0.259 e. The van der Waals surface area contributed by atoms with Gasteiger partial charge in [0.05, 0.1) is 12.8 Å². The van der Waals surface area contributed by atoms with E-state index in [0.717, 1.165) is 4.47 Å². The molecule has 0 unspecified atom stereocenters. The van der Waals surface area contributed by atoms with E-state index in [-0.39, 0.29) is 18.3 Å². The second-order valence-corrected chi connectivity index (χ2v) is 5.45. The molecule has 118 valence electrons. The second-order valence-electron chi connectivity index (χ2n) is 4.54. The summed E-state index contributed by atoms with van der Waals surface area (Å²) in [5.41, 5.74) is 3.37. The third-order valence-corrected chi connectivity index (χ3v) is 3.26. The first-order valence-corrected chi connectivity index (χ1v) is 7.45. The van der Waals surface area contributed by atoms with Gasteiger partial charge in [0.1, 0.15) is 5.82 Å². The number of nitrogens with zero attached hydrogens (tertiary/aromatic N) is 1. The molecule has 0 aliphatic heterocycles. The lowest BCUT2D eigenvalue weighted by Gasteiger charge is -2.04. The molecule has 0 saturated carbocycles. The Balaban J connectivity index is 1.78. The molecule has 0 saturated heterocycles. The van der Waals surface area contributed by atoms with Gasteiger partial charge < -0.3 is 5.32 Å². The van der Waals surface area contributed by atoms with Gasteiger partial charge in [-0.1, -0.05) is 34.1 Å². The third kappa shape index (κ3) is 5.63. The molecule has 2 aromatic rings. The van der Waals surface area contributed by atoms with Gasteiger partial charge in [0.25, 0.3) is 11.8 Å². The number of halogens is 2. The van der Waals surface area contributed by atoms with Crippen molar-refractivity contribution in [3.05, 3.63) is 69.9 Å². The molecule has 0 aromatic heterocycles. The van der Waals surface area contributed by atoms with E-state index in [1.807, 2.05) is 0 Å². The van der Waals surface area contributed by atoms with Gasteiger partial charge in [-0.25, -0.2) is 9.82 Å². The molecule has 0 spiro atoms. The van der Waals surface area contributed by atoms with E-state index in [4.69, 9.17) is 0 Å². The van der Waals surface area contributed by atoms with Gasteiger partial charge in [-0.2, -0.15) is 5.10 Å². The zero-order chi connectivity index (χ0) is 16.7. The molecule has 0 aliphatic rings. The second kappa shape index (κ2) is 8.19. The van der Waals surface area contributed by atoms with Crippen LogP contribution in [0.5, 0.6) is 0 Å². The molecule has 2 N–H and O–H groups in total. The summed E-state index contributed by atoms with van der Waals surface area (Å²) < 4.78 is 13.5. The van der Waals surface area contributed by atoms with E-state index in [1.54, 1.807) is 24.3 Å². The Morgan fingerprint density at radius 3 is 2.61 bits per heavy atom. The average molecular weight is 378 g/mol. The van der Waals surface area contributed by atoms with E-state index in [1.165, 1.54) is 30.5 Å². The Morgan fingerprint density at radius 1 is 1.17 bits per heavy atom. The highest BCUT2D eigenvalue weighted by Gasteiger charge is 2.07. The van der Waals surface area contributed by atoms with Crippen molar-refractivity contribution < 1.29 is 14.0 Å². The molecule has 0 heterocycles. The van der Waals surface area contributed by atoms with Crippen molar-refractivity contribution in [1.82, 2.24) is 10.7 Å². The molecular formula is C16H13BrFN3O2. The van der Waals surface area contributed by atoms with Crippen LogP contribution in [0.2, 0.25) is 0 Å². The van der Waals surface area contributed by atoms with Crippen LogP contribution in [0, 0.1) is 5.82 Å². The predicted molar refractivity (Wildman–Crippen MR) is 88.6 cm³/mol. The van der Waals surface area contributed by atoms with Crippen LogP contribution < -0.4 is 10.7 Å². The predicted octanol–water partition coefficient (Wildman–Crippen LogP) is 2.47. The van der Waals surface area contributed by atoms with Gasteiger partial charge in [-0.3, -0.25) is 9.59 Å². The van der Waals surface area contributed by atoms with Gasteiger partial charge in [0.2, 0.25) is 0 Å². The van der Waals surface area contributed by atoms with Gasteiger partial charge in [-0.05, 0) is 35.9 Å². The highest BCUT2D eigenvalue weighted by molar-refractivity contribution is 9.10. The number of nitrogens with one attached hydrogen (secondary N) is 2. The average Bonchev–Trinajstić information content (AvgIpc) is 2.54. The molecule has 2 aromatic carbocycles. The van der Waals surface area contributed by atoms with Crippen LogP contribution in [0.3, 0.4) is 0 Å². The monoisotopic (exact) mass is 377 g/mol. The van der Waals surface area contributed by atoms with Crippen LogP contribution in [-0.4, -0.2) is 24.6 Å². The first-order valence-electron chi connectivity index (χ1n) is 6.66.